The number of fused-ring (bicyclic) bond motifs is 2. The smallest absolute Gasteiger partial charge is 0.251 e. The average molecular weight is 290 g/mol. The van der Waals surface area contributed by atoms with Gasteiger partial charge in [-0.1, -0.05) is 6.07 Å². The molecule has 0 aliphatic carbocycles. The number of aromatic nitrogens is 3. The van der Waals surface area contributed by atoms with Crippen LogP contribution in [0.1, 0.15) is 10.4 Å². The van der Waals surface area contributed by atoms with E-state index in [1.807, 2.05) is 42.6 Å². The third-order valence-electron chi connectivity index (χ3n) is 3.80. The van der Waals surface area contributed by atoms with Gasteiger partial charge in [-0.25, -0.2) is 0 Å². The van der Waals surface area contributed by atoms with Crippen LogP contribution in [0, 0.1) is 0 Å². The molecule has 2 heterocycles. The summed E-state index contributed by atoms with van der Waals surface area (Å²) in [6, 6.07) is 13.4. The van der Waals surface area contributed by atoms with E-state index >= 15 is 0 Å². The fourth-order valence-corrected chi connectivity index (χ4v) is 2.71. The molecule has 4 rings (SSSR count). The molecule has 0 atom stereocenters. The van der Waals surface area contributed by atoms with Gasteiger partial charge < -0.3 is 10.7 Å². The largest absolute Gasteiger partial charge is 0.399 e. The zero-order valence-electron chi connectivity index (χ0n) is 11.8. The summed E-state index contributed by atoms with van der Waals surface area (Å²) >= 11 is 0. The number of rotatable bonds is 2. The van der Waals surface area contributed by atoms with Crippen molar-refractivity contribution in [3.8, 4) is 0 Å². The van der Waals surface area contributed by atoms with Gasteiger partial charge in [0.05, 0.1) is 18.1 Å². The van der Waals surface area contributed by atoms with Crippen LogP contribution in [-0.4, -0.2) is 20.7 Å². The van der Waals surface area contributed by atoms with Gasteiger partial charge in [-0.15, -0.1) is 0 Å². The van der Waals surface area contributed by atoms with E-state index in [9.17, 15) is 4.79 Å². The molecule has 0 amide bonds. The first-order valence-electron chi connectivity index (χ1n) is 7.03. The molecule has 0 fully saturated rings. The number of H-pyrrole nitrogens is 1. The Hall–Kier alpha value is -3.08. The van der Waals surface area contributed by atoms with Crippen LogP contribution in [0.3, 0.4) is 0 Å². The number of hydrogen-bond acceptors (Lipinski definition) is 3. The van der Waals surface area contributed by atoms with Gasteiger partial charge in [-0.05, 0) is 47.3 Å². The summed E-state index contributed by atoms with van der Waals surface area (Å²) in [6.07, 6.45) is 3.86. The van der Waals surface area contributed by atoms with E-state index in [-0.39, 0.29) is 5.91 Å². The number of nitrogens with two attached hydrogens (primary N) is 1. The Bertz CT molecular complexity index is 996. The Balaban J connectivity index is 1.68. The molecule has 4 aromatic rings. The number of nitrogen functional groups attached to an aromatic ring is 1. The maximum atomic E-state index is 12.5. The first-order chi connectivity index (χ1) is 10.7. The molecular weight excluding hydrogens is 276 g/mol. The second-order valence-electron chi connectivity index (χ2n) is 5.34. The highest BCUT2D eigenvalue weighted by molar-refractivity contribution is 5.93. The van der Waals surface area contributed by atoms with Gasteiger partial charge in [-0.2, -0.15) is 9.78 Å². The number of aromatic amines is 1. The first-order valence-corrected chi connectivity index (χ1v) is 7.03. The van der Waals surface area contributed by atoms with E-state index in [1.54, 1.807) is 12.3 Å². The number of nitrogens with one attached hydrogen (secondary N) is 1. The Morgan fingerprint density at radius 3 is 2.95 bits per heavy atom. The lowest BCUT2D eigenvalue weighted by Gasteiger charge is -2.04. The van der Waals surface area contributed by atoms with Crippen LogP contribution in [0.15, 0.2) is 54.9 Å². The maximum Gasteiger partial charge on any atom is 0.251 e. The van der Waals surface area contributed by atoms with E-state index < -0.39 is 0 Å². The van der Waals surface area contributed by atoms with Crippen LogP contribution in [0.2, 0.25) is 0 Å². The SMILES string of the molecule is Nc1ccc2c(cnn2C(=O)Cc2ccc3[nH]ccc3c2)c1. The summed E-state index contributed by atoms with van der Waals surface area (Å²) in [5, 5.41) is 6.16. The summed E-state index contributed by atoms with van der Waals surface area (Å²) in [5.41, 5.74) is 9.23. The zero-order chi connectivity index (χ0) is 15.1. The molecular formula is C17H14N4O. The predicted octanol–water partition coefficient (Wildman–Crippen LogP) is 2.98. The molecule has 0 saturated heterocycles. The molecule has 108 valence electrons. The van der Waals surface area contributed by atoms with Crippen molar-refractivity contribution in [2.45, 2.75) is 6.42 Å². The van der Waals surface area contributed by atoms with Crippen LogP contribution >= 0.6 is 0 Å². The van der Waals surface area contributed by atoms with Crippen molar-refractivity contribution in [3.05, 3.63) is 60.4 Å². The average Bonchev–Trinajstić information content (AvgIpc) is 3.12. The fraction of sp³-hybridized carbons (Fsp3) is 0.0588. The number of carbonyl (C=O) groups is 1. The summed E-state index contributed by atoms with van der Waals surface area (Å²) in [6.45, 7) is 0. The highest BCUT2D eigenvalue weighted by Gasteiger charge is 2.12. The molecule has 0 aliphatic rings. The third kappa shape index (κ3) is 2.03. The quantitative estimate of drug-likeness (QED) is 0.557. The van der Waals surface area contributed by atoms with E-state index in [2.05, 4.69) is 10.1 Å². The van der Waals surface area contributed by atoms with E-state index in [1.165, 1.54) is 4.68 Å². The van der Waals surface area contributed by atoms with Crippen molar-refractivity contribution in [2.24, 2.45) is 0 Å². The topological polar surface area (TPSA) is 76.7 Å². The van der Waals surface area contributed by atoms with Gasteiger partial charge >= 0.3 is 0 Å². The minimum atomic E-state index is -0.0605. The predicted molar refractivity (Wildman–Crippen MR) is 86.8 cm³/mol. The van der Waals surface area contributed by atoms with Crippen molar-refractivity contribution in [1.29, 1.82) is 0 Å². The lowest BCUT2D eigenvalue weighted by Crippen LogP contribution is -2.14. The molecule has 22 heavy (non-hydrogen) atoms. The number of benzene rings is 2. The van der Waals surface area contributed by atoms with Crippen LogP contribution in [-0.2, 0) is 6.42 Å². The molecule has 5 heteroatoms. The number of hydrogen-bond donors (Lipinski definition) is 2. The van der Waals surface area contributed by atoms with Gasteiger partial charge in [0.2, 0.25) is 0 Å². The molecule has 0 saturated carbocycles. The zero-order valence-corrected chi connectivity index (χ0v) is 11.8. The van der Waals surface area contributed by atoms with Crippen molar-refractivity contribution in [1.82, 2.24) is 14.8 Å². The number of nitrogens with zero attached hydrogens (tertiary/aromatic N) is 2. The number of anilines is 1. The molecule has 3 N–H and O–H groups in total. The Morgan fingerprint density at radius 1 is 1.14 bits per heavy atom. The molecule has 0 aliphatic heterocycles. The van der Waals surface area contributed by atoms with Gasteiger partial charge in [0.25, 0.3) is 5.91 Å². The Labute approximate surface area is 126 Å². The lowest BCUT2D eigenvalue weighted by molar-refractivity contribution is 0.0904. The third-order valence-corrected chi connectivity index (χ3v) is 3.80. The summed E-state index contributed by atoms with van der Waals surface area (Å²) in [7, 11) is 0. The molecule has 0 unspecified atom stereocenters. The fourth-order valence-electron chi connectivity index (χ4n) is 2.71. The Kier molecular flexibility index (Phi) is 2.72. The van der Waals surface area contributed by atoms with Gasteiger partial charge in [-0.3, -0.25) is 4.79 Å². The van der Waals surface area contributed by atoms with E-state index in [0.717, 1.165) is 27.4 Å². The van der Waals surface area contributed by atoms with Crippen LogP contribution < -0.4 is 5.73 Å². The minimum absolute atomic E-state index is 0.0605. The van der Waals surface area contributed by atoms with Crippen LogP contribution in [0.4, 0.5) is 5.69 Å². The molecule has 2 aromatic heterocycles. The van der Waals surface area contributed by atoms with Crippen molar-refractivity contribution < 1.29 is 4.79 Å². The lowest BCUT2D eigenvalue weighted by atomic mass is 10.1. The van der Waals surface area contributed by atoms with Gasteiger partial charge in [0.1, 0.15) is 0 Å². The summed E-state index contributed by atoms with van der Waals surface area (Å²) in [5.74, 6) is -0.0605. The summed E-state index contributed by atoms with van der Waals surface area (Å²) < 4.78 is 1.44. The van der Waals surface area contributed by atoms with Crippen molar-refractivity contribution in [3.63, 3.8) is 0 Å². The van der Waals surface area contributed by atoms with E-state index in [4.69, 9.17) is 5.73 Å². The Morgan fingerprint density at radius 2 is 2.05 bits per heavy atom. The number of carbonyl (C=O) groups excluding carboxylic acids is 1. The molecule has 2 aromatic carbocycles. The highest BCUT2D eigenvalue weighted by Crippen LogP contribution is 2.19. The second kappa shape index (κ2) is 4.73. The standard InChI is InChI=1S/C17H14N4O/c18-14-2-4-16-13(9-14)10-20-21(16)17(22)8-11-1-3-15-12(7-11)5-6-19-15/h1-7,9-10,19H,8,18H2. The monoisotopic (exact) mass is 290 g/mol. The van der Waals surface area contributed by atoms with Crippen LogP contribution in [0.5, 0.6) is 0 Å². The second-order valence-corrected chi connectivity index (χ2v) is 5.34. The highest BCUT2D eigenvalue weighted by atomic mass is 16.2. The molecule has 0 bridgehead atoms. The molecule has 0 radical (unpaired) electrons. The van der Waals surface area contributed by atoms with E-state index in [0.29, 0.717) is 12.1 Å². The van der Waals surface area contributed by atoms with Gasteiger partial charge in [0.15, 0.2) is 0 Å². The first kappa shape index (κ1) is 12.6. The van der Waals surface area contributed by atoms with Gasteiger partial charge in [0, 0.05) is 22.8 Å². The minimum Gasteiger partial charge on any atom is -0.399 e. The summed E-state index contributed by atoms with van der Waals surface area (Å²) in [4.78, 5) is 15.7. The maximum absolute atomic E-state index is 12.5. The normalized spacial score (nSPS) is 11.3. The van der Waals surface area contributed by atoms with Crippen LogP contribution in [0.25, 0.3) is 21.8 Å². The van der Waals surface area contributed by atoms with Crippen molar-refractivity contribution in [2.75, 3.05) is 5.73 Å². The molecule has 5 nitrogen and oxygen atoms in total. The molecule has 0 spiro atoms. The van der Waals surface area contributed by atoms with Crippen molar-refractivity contribution >= 4 is 33.4 Å².